The van der Waals surface area contributed by atoms with Crippen molar-refractivity contribution in [2.24, 2.45) is 10.9 Å². The summed E-state index contributed by atoms with van der Waals surface area (Å²) in [6.07, 6.45) is 3.59. The van der Waals surface area contributed by atoms with Crippen molar-refractivity contribution in [2.45, 2.75) is 39.3 Å². The summed E-state index contributed by atoms with van der Waals surface area (Å²) in [4.78, 5) is 18.4. The maximum atomic E-state index is 12.1. The zero-order chi connectivity index (χ0) is 19.6. The number of nitrogens with zero attached hydrogens (tertiary/aromatic N) is 2. The predicted octanol–water partition coefficient (Wildman–Crippen LogP) is 3.18. The molecule has 1 aliphatic rings. The van der Waals surface area contributed by atoms with Crippen molar-refractivity contribution in [3.63, 3.8) is 0 Å². The zero-order valence-corrected chi connectivity index (χ0v) is 19.4. The fourth-order valence-electron chi connectivity index (χ4n) is 3.12. The first-order valence-electron chi connectivity index (χ1n) is 9.62. The van der Waals surface area contributed by atoms with Gasteiger partial charge in [-0.05, 0) is 18.9 Å². The minimum absolute atomic E-state index is 0. The molecule has 0 spiro atoms. The predicted molar refractivity (Wildman–Crippen MR) is 125 cm³/mol. The van der Waals surface area contributed by atoms with Crippen LogP contribution in [0.25, 0.3) is 0 Å². The van der Waals surface area contributed by atoms with E-state index in [1.165, 1.54) is 0 Å². The van der Waals surface area contributed by atoms with Gasteiger partial charge in [-0.25, -0.2) is 0 Å². The molecule has 1 aromatic rings. The number of carbonyl (C=O) groups is 1. The monoisotopic (exact) mass is 500 g/mol. The Labute approximate surface area is 185 Å². The summed E-state index contributed by atoms with van der Waals surface area (Å²) >= 11 is 0. The highest BCUT2D eigenvalue weighted by Crippen LogP contribution is 2.18. The molecular weight excluding hydrogens is 467 g/mol. The van der Waals surface area contributed by atoms with Crippen molar-refractivity contribution in [3.8, 4) is 5.75 Å². The lowest BCUT2D eigenvalue weighted by molar-refractivity contribution is -0.135. The van der Waals surface area contributed by atoms with Crippen LogP contribution in [0.2, 0.25) is 0 Å². The molecule has 1 aromatic carbocycles. The standard InChI is InChI=1S/C21H32N4O2.HI/c1-5-14-27-19-9-7-6-8-17(19)15-23-21(22-4)24-18-10-12-25(13-11-18)20(26)16(2)3;/h5-9,16,18H,1,10-15H2,2-4H3,(H2,22,23,24);1H. The van der Waals surface area contributed by atoms with E-state index in [0.717, 1.165) is 43.2 Å². The number of para-hydroxylation sites is 1. The minimum Gasteiger partial charge on any atom is -0.489 e. The average Bonchev–Trinajstić information content (AvgIpc) is 2.70. The number of rotatable bonds is 7. The van der Waals surface area contributed by atoms with Crippen LogP contribution in [0.4, 0.5) is 0 Å². The van der Waals surface area contributed by atoms with Gasteiger partial charge in [-0.15, -0.1) is 24.0 Å². The number of halogens is 1. The molecule has 1 fully saturated rings. The molecule has 7 heteroatoms. The fraction of sp³-hybridized carbons (Fsp3) is 0.524. The molecule has 1 heterocycles. The molecule has 0 unspecified atom stereocenters. The summed E-state index contributed by atoms with van der Waals surface area (Å²) in [7, 11) is 1.77. The molecule has 1 amide bonds. The van der Waals surface area contributed by atoms with Crippen LogP contribution in [0.5, 0.6) is 5.75 Å². The van der Waals surface area contributed by atoms with Gasteiger partial charge in [0, 0.05) is 44.2 Å². The number of hydrogen-bond donors (Lipinski definition) is 2. The van der Waals surface area contributed by atoms with Crippen molar-refractivity contribution in [1.29, 1.82) is 0 Å². The van der Waals surface area contributed by atoms with Gasteiger partial charge in [0.25, 0.3) is 0 Å². The molecule has 0 aromatic heterocycles. The van der Waals surface area contributed by atoms with Crippen LogP contribution in [0.3, 0.4) is 0 Å². The van der Waals surface area contributed by atoms with Gasteiger partial charge in [0.15, 0.2) is 5.96 Å². The Bertz CT molecular complexity index is 656. The van der Waals surface area contributed by atoms with Gasteiger partial charge in [-0.2, -0.15) is 0 Å². The quantitative estimate of drug-likeness (QED) is 0.261. The van der Waals surface area contributed by atoms with Crippen molar-refractivity contribution in [2.75, 3.05) is 26.7 Å². The molecule has 0 aliphatic carbocycles. The Morgan fingerprint density at radius 2 is 2.04 bits per heavy atom. The van der Waals surface area contributed by atoms with Crippen molar-refractivity contribution in [3.05, 3.63) is 42.5 Å². The number of amides is 1. The first kappa shape index (κ1) is 24.3. The van der Waals surface area contributed by atoms with Crippen LogP contribution < -0.4 is 15.4 Å². The van der Waals surface area contributed by atoms with Crippen LogP contribution in [-0.2, 0) is 11.3 Å². The summed E-state index contributed by atoms with van der Waals surface area (Å²) in [5, 5.41) is 6.83. The van der Waals surface area contributed by atoms with E-state index in [2.05, 4.69) is 22.2 Å². The number of nitrogens with one attached hydrogen (secondary N) is 2. The van der Waals surface area contributed by atoms with E-state index in [0.29, 0.717) is 19.2 Å². The Kier molecular flexibility index (Phi) is 11.0. The van der Waals surface area contributed by atoms with Crippen molar-refractivity contribution < 1.29 is 9.53 Å². The molecule has 0 bridgehead atoms. The molecular formula is C21H33IN4O2. The third-order valence-corrected chi connectivity index (χ3v) is 4.64. The second-order valence-corrected chi connectivity index (χ2v) is 7.03. The minimum atomic E-state index is 0. The van der Waals surface area contributed by atoms with Gasteiger partial charge in [-0.1, -0.05) is 44.7 Å². The second-order valence-electron chi connectivity index (χ2n) is 7.03. The average molecular weight is 500 g/mol. The van der Waals surface area contributed by atoms with Gasteiger partial charge in [0.05, 0.1) is 0 Å². The van der Waals surface area contributed by atoms with E-state index in [1.54, 1.807) is 13.1 Å². The summed E-state index contributed by atoms with van der Waals surface area (Å²) in [5.41, 5.74) is 1.07. The van der Waals surface area contributed by atoms with E-state index >= 15 is 0 Å². The molecule has 6 nitrogen and oxygen atoms in total. The number of ether oxygens (including phenoxy) is 1. The van der Waals surface area contributed by atoms with Gasteiger partial charge in [0.2, 0.25) is 5.91 Å². The van der Waals surface area contributed by atoms with Crippen LogP contribution in [-0.4, -0.2) is 49.6 Å². The van der Waals surface area contributed by atoms with Crippen LogP contribution in [0, 0.1) is 5.92 Å². The number of hydrogen-bond acceptors (Lipinski definition) is 3. The Hall–Kier alpha value is -1.77. The SMILES string of the molecule is C=CCOc1ccccc1CNC(=NC)NC1CCN(C(=O)C(C)C)CC1.I. The number of benzene rings is 1. The zero-order valence-electron chi connectivity index (χ0n) is 17.1. The molecule has 1 saturated heterocycles. The number of aliphatic imine (C=N–C) groups is 1. The molecule has 2 rings (SSSR count). The first-order valence-corrected chi connectivity index (χ1v) is 9.62. The summed E-state index contributed by atoms with van der Waals surface area (Å²) in [6.45, 7) is 10.3. The molecule has 0 radical (unpaired) electrons. The second kappa shape index (κ2) is 12.6. The van der Waals surface area contributed by atoms with Crippen molar-refractivity contribution in [1.82, 2.24) is 15.5 Å². The lowest BCUT2D eigenvalue weighted by atomic mass is 10.0. The van der Waals surface area contributed by atoms with E-state index < -0.39 is 0 Å². The first-order chi connectivity index (χ1) is 13.0. The van der Waals surface area contributed by atoms with Crippen LogP contribution >= 0.6 is 24.0 Å². The lowest BCUT2D eigenvalue weighted by Gasteiger charge is -2.34. The van der Waals surface area contributed by atoms with E-state index in [9.17, 15) is 4.79 Å². The van der Waals surface area contributed by atoms with Gasteiger partial charge >= 0.3 is 0 Å². The molecule has 1 aliphatic heterocycles. The maximum Gasteiger partial charge on any atom is 0.225 e. The third kappa shape index (κ3) is 7.33. The summed E-state index contributed by atoms with van der Waals surface area (Å²) in [6, 6.07) is 8.27. The summed E-state index contributed by atoms with van der Waals surface area (Å²) < 4.78 is 5.70. The van der Waals surface area contributed by atoms with Gasteiger partial charge in [0.1, 0.15) is 12.4 Å². The van der Waals surface area contributed by atoms with Gasteiger partial charge < -0.3 is 20.3 Å². The fourth-order valence-corrected chi connectivity index (χ4v) is 3.12. The molecule has 0 saturated carbocycles. The number of piperidine rings is 1. The Morgan fingerprint density at radius 3 is 2.64 bits per heavy atom. The van der Waals surface area contributed by atoms with Crippen LogP contribution in [0.1, 0.15) is 32.3 Å². The van der Waals surface area contributed by atoms with Crippen molar-refractivity contribution >= 4 is 35.8 Å². The van der Waals surface area contributed by atoms with E-state index in [4.69, 9.17) is 4.74 Å². The van der Waals surface area contributed by atoms with Crippen LogP contribution in [0.15, 0.2) is 41.9 Å². The van der Waals surface area contributed by atoms with E-state index in [-0.39, 0.29) is 35.8 Å². The number of likely N-dealkylation sites (tertiary alicyclic amines) is 1. The number of guanidine groups is 1. The highest BCUT2D eigenvalue weighted by molar-refractivity contribution is 14.0. The molecule has 28 heavy (non-hydrogen) atoms. The topological polar surface area (TPSA) is 66.0 Å². The maximum absolute atomic E-state index is 12.1. The normalized spacial score (nSPS) is 15.0. The highest BCUT2D eigenvalue weighted by Gasteiger charge is 2.24. The highest BCUT2D eigenvalue weighted by atomic mass is 127. The van der Waals surface area contributed by atoms with Gasteiger partial charge in [-0.3, -0.25) is 9.79 Å². The number of carbonyl (C=O) groups excluding carboxylic acids is 1. The third-order valence-electron chi connectivity index (χ3n) is 4.64. The van der Waals surface area contributed by atoms with E-state index in [1.807, 2.05) is 43.0 Å². The smallest absolute Gasteiger partial charge is 0.225 e. The molecule has 156 valence electrons. The Balaban J connectivity index is 0.00000392. The molecule has 2 N–H and O–H groups in total. The Morgan fingerprint density at radius 1 is 1.36 bits per heavy atom. The molecule has 0 atom stereocenters. The largest absolute Gasteiger partial charge is 0.489 e. The lowest BCUT2D eigenvalue weighted by Crippen LogP contribution is -2.50. The summed E-state index contributed by atoms with van der Waals surface area (Å²) in [5.74, 6) is 1.92.